The number of rotatable bonds is 3. The van der Waals surface area contributed by atoms with Crippen molar-refractivity contribution in [1.29, 1.82) is 0 Å². The molecular weight excluding hydrogens is 184 g/mol. The minimum absolute atomic E-state index is 0.500. The molecule has 0 saturated heterocycles. The Morgan fingerprint density at radius 3 is 2.62 bits per heavy atom. The molecule has 13 heavy (non-hydrogen) atoms. The van der Waals surface area contributed by atoms with Crippen LogP contribution in [0.5, 0.6) is 0 Å². The Labute approximate surface area is 83.9 Å². The van der Waals surface area contributed by atoms with E-state index in [9.17, 15) is 0 Å². The molecule has 0 aliphatic carbocycles. The van der Waals surface area contributed by atoms with Crippen LogP contribution in [-0.4, -0.2) is 0 Å². The minimum atomic E-state index is 0.500. The third-order valence-electron chi connectivity index (χ3n) is 2.06. The molecule has 4 N–H and O–H groups in total. The summed E-state index contributed by atoms with van der Waals surface area (Å²) in [5.74, 6) is 0. The van der Waals surface area contributed by atoms with Gasteiger partial charge in [-0.05, 0) is 29.7 Å². The molecule has 1 rings (SSSR count). The zero-order chi connectivity index (χ0) is 9.84. The SMILES string of the molecule is CCCc1c(N)cc(Cl)cc1CN. The van der Waals surface area contributed by atoms with Gasteiger partial charge in [-0.25, -0.2) is 0 Å². The summed E-state index contributed by atoms with van der Waals surface area (Å²) in [5, 5.41) is 0.665. The van der Waals surface area contributed by atoms with Gasteiger partial charge in [0.15, 0.2) is 0 Å². The Balaban J connectivity index is 3.13. The molecule has 0 atom stereocenters. The van der Waals surface area contributed by atoms with Crippen molar-refractivity contribution < 1.29 is 0 Å². The highest BCUT2D eigenvalue weighted by atomic mass is 35.5. The second-order valence-electron chi connectivity index (χ2n) is 3.09. The zero-order valence-corrected chi connectivity index (χ0v) is 8.56. The van der Waals surface area contributed by atoms with Crippen molar-refractivity contribution in [1.82, 2.24) is 0 Å². The molecule has 0 fully saturated rings. The highest BCUT2D eigenvalue weighted by molar-refractivity contribution is 6.31. The van der Waals surface area contributed by atoms with Gasteiger partial charge in [0.25, 0.3) is 0 Å². The number of hydrogen-bond acceptors (Lipinski definition) is 2. The monoisotopic (exact) mass is 198 g/mol. The predicted octanol–water partition coefficient (Wildman–Crippen LogP) is 2.33. The quantitative estimate of drug-likeness (QED) is 0.733. The first kappa shape index (κ1) is 10.4. The number of anilines is 1. The molecule has 0 unspecified atom stereocenters. The Morgan fingerprint density at radius 1 is 1.38 bits per heavy atom. The Morgan fingerprint density at radius 2 is 2.08 bits per heavy atom. The first-order chi connectivity index (χ1) is 6.19. The van der Waals surface area contributed by atoms with Crippen molar-refractivity contribution in [3.05, 3.63) is 28.3 Å². The predicted molar refractivity (Wildman–Crippen MR) is 57.8 cm³/mol. The first-order valence-electron chi connectivity index (χ1n) is 4.45. The molecule has 0 radical (unpaired) electrons. The van der Waals surface area contributed by atoms with Gasteiger partial charge in [0, 0.05) is 17.3 Å². The van der Waals surface area contributed by atoms with Gasteiger partial charge in [-0.15, -0.1) is 0 Å². The van der Waals surface area contributed by atoms with Gasteiger partial charge < -0.3 is 11.5 Å². The number of benzene rings is 1. The van der Waals surface area contributed by atoms with Crippen LogP contribution in [0.2, 0.25) is 5.02 Å². The van der Waals surface area contributed by atoms with Crippen LogP contribution in [0, 0.1) is 0 Å². The second-order valence-corrected chi connectivity index (χ2v) is 3.52. The molecule has 0 aliphatic rings. The average molecular weight is 199 g/mol. The molecule has 0 saturated carbocycles. The van der Waals surface area contributed by atoms with E-state index in [0.717, 1.165) is 29.7 Å². The van der Waals surface area contributed by atoms with Crippen LogP contribution < -0.4 is 11.5 Å². The number of hydrogen-bond donors (Lipinski definition) is 2. The first-order valence-corrected chi connectivity index (χ1v) is 4.83. The van der Waals surface area contributed by atoms with E-state index >= 15 is 0 Å². The van der Waals surface area contributed by atoms with E-state index in [-0.39, 0.29) is 0 Å². The lowest BCUT2D eigenvalue weighted by atomic mass is 10.0. The molecule has 0 aromatic heterocycles. The molecule has 1 aromatic carbocycles. The van der Waals surface area contributed by atoms with E-state index in [1.807, 2.05) is 6.07 Å². The molecule has 0 bridgehead atoms. The minimum Gasteiger partial charge on any atom is -0.398 e. The van der Waals surface area contributed by atoms with Crippen LogP contribution in [-0.2, 0) is 13.0 Å². The summed E-state index contributed by atoms with van der Waals surface area (Å²) in [4.78, 5) is 0. The van der Waals surface area contributed by atoms with E-state index in [1.165, 1.54) is 0 Å². The van der Waals surface area contributed by atoms with Crippen LogP contribution in [0.25, 0.3) is 0 Å². The van der Waals surface area contributed by atoms with Gasteiger partial charge in [0.05, 0.1) is 0 Å². The fraction of sp³-hybridized carbons (Fsp3) is 0.400. The smallest absolute Gasteiger partial charge is 0.0429 e. The summed E-state index contributed by atoms with van der Waals surface area (Å²) in [6.07, 6.45) is 2.04. The molecule has 0 aliphatic heterocycles. The summed E-state index contributed by atoms with van der Waals surface area (Å²) in [7, 11) is 0. The molecule has 0 heterocycles. The summed E-state index contributed by atoms with van der Waals surface area (Å²) in [5.41, 5.74) is 14.4. The van der Waals surface area contributed by atoms with E-state index in [1.54, 1.807) is 6.07 Å². The maximum Gasteiger partial charge on any atom is 0.0429 e. The van der Waals surface area contributed by atoms with E-state index < -0.39 is 0 Å². The third-order valence-corrected chi connectivity index (χ3v) is 2.28. The van der Waals surface area contributed by atoms with E-state index in [4.69, 9.17) is 23.1 Å². The second kappa shape index (κ2) is 4.49. The number of nitrogen functional groups attached to an aromatic ring is 1. The van der Waals surface area contributed by atoms with Crippen LogP contribution in [0.15, 0.2) is 12.1 Å². The topological polar surface area (TPSA) is 52.0 Å². The van der Waals surface area contributed by atoms with Gasteiger partial charge in [-0.3, -0.25) is 0 Å². The van der Waals surface area contributed by atoms with Gasteiger partial charge in [-0.1, -0.05) is 24.9 Å². The summed E-state index contributed by atoms with van der Waals surface area (Å²) >= 11 is 5.87. The highest BCUT2D eigenvalue weighted by Crippen LogP contribution is 2.24. The fourth-order valence-electron chi connectivity index (χ4n) is 1.45. The Hall–Kier alpha value is -0.730. The Kier molecular flexibility index (Phi) is 3.58. The van der Waals surface area contributed by atoms with E-state index in [0.29, 0.717) is 11.6 Å². The summed E-state index contributed by atoms with van der Waals surface area (Å²) in [6.45, 7) is 2.62. The molecule has 2 nitrogen and oxygen atoms in total. The van der Waals surface area contributed by atoms with Crippen LogP contribution in [0.3, 0.4) is 0 Å². The molecule has 72 valence electrons. The standard InChI is InChI=1S/C10H15ClN2/c1-2-3-9-7(6-12)4-8(11)5-10(9)13/h4-5H,2-3,6,12-13H2,1H3. The number of halogens is 1. The molecule has 0 amide bonds. The van der Waals surface area contributed by atoms with Crippen molar-refractivity contribution >= 4 is 17.3 Å². The fourth-order valence-corrected chi connectivity index (χ4v) is 1.70. The van der Waals surface area contributed by atoms with Crippen LogP contribution >= 0.6 is 11.6 Å². The lowest BCUT2D eigenvalue weighted by molar-refractivity contribution is 0.896. The maximum absolute atomic E-state index is 5.87. The van der Waals surface area contributed by atoms with Crippen molar-refractivity contribution in [3.8, 4) is 0 Å². The van der Waals surface area contributed by atoms with Crippen molar-refractivity contribution in [2.45, 2.75) is 26.3 Å². The van der Waals surface area contributed by atoms with E-state index in [2.05, 4.69) is 6.92 Å². The molecular formula is C10H15ClN2. The van der Waals surface area contributed by atoms with Gasteiger partial charge >= 0.3 is 0 Å². The average Bonchev–Trinajstić information content (AvgIpc) is 2.09. The highest BCUT2D eigenvalue weighted by Gasteiger charge is 2.05. The molecule has 3 heteroatoms. The maximum atomic E-state index is 5.87. The Bertz CT molecular complexity index is 297. The van der Waals surface area contributed by atoms with Crippen molar-refractivity contribution in [2.24, 2.45) is 5.73 Å². The van der Waals surface area contributed by atoms with Gasteiger partial charge in [0.1, 0.15) is 0 Å². The molecule has 0 spiro atoms. The van der Waals surface area contributed by atoms with Crippen molar-refractivity contribution in [2.75, 3.05) is 5.73 Å². The number of nitrogens with two attached hydrogens (primary N) is 2. The van der Waals surface area contributed by atoms with Crippen LogP contribution in [0.1, 0.15) is 24.5 Å². The van der Waals surface area contributed by atoms with Crippen molar-refractivity contribution in [3.63, 3.8) is 0 Å². The van der Waals surface area contributed by atoms with Gasteiger partial charge in [0.2, 0.25) is 0 Å². The normalized spacial score (nSPS) is 10.4. The largest absolute Gasteiger partial charge is 0.398 e. The van der Waals surface area contributed by atoms with Gasteiger partial charge in [-0.2, -0.15) is 0 Å². The lowest BCUT2D eigenvalue weighted by Gasteiger charge is -2.10. The zero-order valence-electron chi connectivity index (χ0n) is 7.81. The third kappa shape index (κ3) is 2.36. The van der Waals surface area contributed by atoms with Crippen LogP contribution in [0.4, 0.5) is 5.69 Å². The summed E-state index contributed by atoms with van der Waals surface area (Å²) in [6, 6.07) is 3.68. The summed E-state index contributed by atoms with van der Waals surface area (Å²) < 4.78 is 0. The lowest BCUT2D eigenvalue weighted by Crippen LogP contribution is -2.05. The molecule has 1 aromatic rings.